The Balaban J connectivity index is 1.54. The number of ether oxygens (including phenoxy) is 3. The van der Waals surface area contributed by atoms with Crippen molar-refractivity contribution >= 4 is 23.5 Å². The van der Waals surface area contributed by atoms with Crippen LogP contribution >= 0.6 is 0 Å². The predicted octanol–water partition coefficient (Wildman–Crippen LogP) is 2.45. The van der Waals surface area contributed by atoms with Crippen molar-refractivity contribution in [2.24, 2.45) is 5.73 Å². The minimum absolute atomic E-state index is 0.0197. The van der Waals surface area contributed by atoms with Gasteiger partial charge in [-0.3, -0.25) is 9.59 Å². The fourth-order valence-electron chi connectivity index (χ4n) is 3.18. The summed E-state index contributed by atoms with van der Waals surface area (Å²) in [4.78, 5) is 37.3. The number of rotatable bonds is 10. The molecule has 1 aliphatic heterocycles. The van der Waals surface area contributed by atoms with Gasteiger partial charge in [-0.1, -0.05) is 0 Å². The first-order chi connectivity index (χ1) is 15.4. The number of nitrogens with zero attached hydrogens (tertiary/aromatic N) is 1. The molecule has 0 aromatic heterocycles. The number of nitrogens with two attached hydrogens (primary N) is 1. The second-order valence-corrected chi connectivity index (χ2v) is 7.28. The highest BCUT2D eigenvalue weighted by atomic mass is 19.1. The van der Waals surface area contributed by atoms with Crippen molar-refractivity contribution in [2.75, 3.05) is 31.3 Å². The monoisotopic (exact) mass is 444 g/mol. The second kappa shape index (κ2) is 11.2. The largest absolute Gasteiger partial charge is 0.491 e. The van der Waals surface area contributed by atoms with E-state index in [0.717, 1.165) is 19.4 Å². The Morgan fingerprint density at radius 1 is 1.09 bits per heavy atom. The number of primary amides is 1. The fourth-order valence-corrected chi connectivity index (χ4v) is 3.18. The van der Waals surface area contributed by atoms with Crippen LogP contribution in [0.2, 0.25) is 0 Å². The topological polar surface area (TPSA) is 108 Å². The molecule has 170 valence electrons. The highest BCUT2D eigenvalue weighted by Crippen LogP contribution is 2.18. The molecule has 2 aromatic rings. The molecule has 0 saturated carbocycles. The third-order valence-corrected chi connectivity index (χ3v) is 4.90. The summed E-state index contributed by atoms with van der Waals surface area (Å²) in [5.41, 5.74) is 5.79. The van der Waals surface area contributed by atoms with Crippen LogP contribution in [0.4, 0.5) is 10.1 Å². The van der Waals surface area contributed by atoms with E-state index < -0.39 is 30.2 Å². The molecule has 0 bridgehead atoms. The lowest BCUT2D eigenvalue weighted by Crippen LogP contribution is -2.37. The van der Waals surface area contributed by atoms with Gasteiger partial charge in [-0.05, 0) is 61.4 Å². The number of esters is 1. The number of carbonyl (C=O) groups is 3. The van der Waals surface area contributed by atoms with Gasteiger partial charge in [0.1, 0.15) is 18.2 Å². The first-order valence-electron chi connectivity index (χ1n) is 10.3. The Bertz CT molecular complexity index is 927. The molecule has 3 rings (SSSR count). The maximum absolute atomic E-state index is 13.2. The molecular weight excluding hydrogens is 419 g/mol. The molecule has 2 amide bonds. The maximum atomic E-state index is 13.2. The van der Waals surface area contributed by atoms with Gasteiger partial charge in [0.05, 0.1) is 11.7 Å². The third-order valence-electron chi connectivity index (χ3n) is 4.90. The van der Waals surface area contributed by atoms with Crippen LogP contribution in [-0.2, 0) is 19.1 Å². The molecule has 9 heteroatoms. The molecule has 0 spiro atoms. The van der Waals surface area contributed by atoms with E-state index >= 15 is 0 Å². The molecule has 8 nitrogen and oxygen atoms in total. The van der Waals surface area contributed by atoms with Gasteiger partial charge in [-0.25, -0.2) is 9.18 Å². The first-order valence-corrected chi connectivity index (χ1v) is 10.3. The average Bonchev–Trinajstić information content (AvgIpc) is 3.31. The Morgan fingerprint density at radius 2 is 1.81 bits per heavy atom. The van der Waals surface area contributed by atoms with E-state index in [9.17, 15) is 18.8 Å². The van der Waals surface area contributed by atoms with E-state index in [4.69, 9.17) is 19.9 Å². The minimum Gasteiger partial charge on any atom is -0.491 e. The van der Waals surface area contributed by atoms with Crippen LogP contribution in [0.25, 0.3) is 0 Å². The summed E-state index contributed by atoms with van der Waals surface area (Å²) < 4.78 is 29.5. The third kappa shape index (κ3) is 6.78. The summed E-state index contributed by atoms with van der Waals surface area (Å²) >= 11 is 0. The van der Waals surface area contributed by atoms with Crippen molar-refractivity contribution in [3.8, 4) is 5.75 Å². The highest BCUT2D eigenvalue weighted by Gasteiger charge is 2.20. The van der Waals surface area contributed by atoms with Gasteiger partial charge < -0.3 is 24.8 Å². The molecule has 2 aromatic carbocycles. The summed E-state index contributed by atoms with van der Waals surface area (Å²) in [6, 6.07) is 11.5. The Labute approximate surface area is 185 Å². The number of benzene rings is 2. The van der Waals surface area contributed by atoms with Crippen LogP contribution in [0.5, 0.6) is 5.75 Å². The highest BCUT2D eigenvalue weighted by molar-refractivity contribution is 5.97. The van der Waals surface area contributed by atoms with Gasteiger partial charge in [0.2, 0.25) is 5.91 Å². The number of anilines is 1. The fraction of sp³-hybridized carbons (Fsp3) is 0.348. The van der Waals surface area contributed by atoms with E-state index in [1.54, 1.807) is 24.3 Å². The van der Waals surface area contributed by atoms with Gasteiger partial charge >= 0.3 is 5.97 Å². The Morgan fingerprint density at radius 3 is 2.44 bits per heavy atom. The van der Waals surface area contributed by atoms with Gasteiger partial charge in [-0.15, -0.1) is 0 Å². The van der Waals surface area contributed by atoms with Crippen molar-refractivity contribution in [1.82, 2.24) is 0 Å². The summed E-state index contributed by atoms with van der Waals surface area (Å²) in [5.74, 6) is -1.71. The Hall–Kier alpha value is -3.46. The molecule has 0 radical (unpaired) electrons. The van der Waals surface area contributed by atoms with Crippen LogP contribution < -0.4 is 15.4 Å². The summed E-state index contributed by atoms with van der Waals surface area (Å²) in [7, 11) is 0. The summed E-state index contributed by atoms with van der Waals surface area (Å²) in [6.07, 6.45) is 1.99. The Kier molecular flexibility index (Phi) is 8.15. The molecule has 1 aliphatic rings. The van der Waals surface area contributed by atoms with Gasteiger partial charge in [0.15, 0.2) is 6.61 Å². The number of hydrogen-bond donors (Lipinski definition) is 1. The summed E-state index contributed by atoms with van der Waals surface area (Å²) in [6.45, 7) is 0.627. The number of hydrogen-bond acceptors (Lipinski definition) is 6. The normalized spacial score (nSPS) is 15.2. The minimum atomic E-state index is -0.682. The predicted molar refractivity (Wildman–Crippen MR) is 114 cm³/mol. The molecule has 1 fully saturated rings. The molecule has 1 saturated heterocycles. The molecular formula is C23H25FN2O6. The number of amides is 2. The smallest absolute Gasteiger partial charge is 0.338 e. The molecule has 1 heterocycles. The molecule has 1 atom stereocenters. The quantitative estimate of drug-likeness (QED) is 0.564. The average molecular weight is 444 g/mol. The van der Waals surface area contributed by atoms with Crippen LogP contribution in [0.1, 0.15) is 29.6 Å². The molecule has 0 aliphatic carbocycles. The lowest BCUT2D eigenvalue weighted by atomic mass is 10.2. The summed E-state index contributed by atoms with van der Waals surface area (Å²) in [5, 5.41) is 0. The van der Waals surface area contributed by atoms with E-state index in [1.165, 1.54) is 29.2 Å². The molecule has 2 N–H and O–H groups in total. The van der Waals surface area contributed by atoms with Crippen molar-refractivity contribution in [2.45, 2.75) is 25.4 Å². The van der Waals surface area contributed by atoms with Crippen LogP contribution in [-0.4, -0.2) is 50.3 Å². The van der Waals surface area contributed by atoms with Gasteiger partial charge in [-0.2, -0.15) is 0 Å². The van der Waals surface area contributed by atoms with Crippen molar-refractivity contribution in [3.63, 3.8) is 0 Å². The van der Waals surface area contributed by atoms with E-state index in [0.29, 0.717) is 18.0 Å². The van der Waals surface area contributed by atoms with Crippen molar-refractivity contribution in [3.05, 3.63) is 59.9 Å². The SMILES string of the molecule is NC(=O)CCN(C(=O)COC(=O)c1ccc(OCC2CCCO2)cc1)c1ccc(F)cc1. The maximum Gasteiger partial charge on any atom is 0.338 e. The van der Waals surface area contributed by atoms with Crippen LogP contribution in [0.3, 0.4) is 0 Å². The molecule has 32 heavy (non-hydrogen) atoms. The van der Waals surface area contributed by atoms with Crippen LogP contribution in [0.15, 0.2) is 48.5 Å². The zero-order chi connectivity index (χ0) is 22.9. The number of halogens is 1. The zero-order valence-electron chi connectivity index (χ0n) is 17.5. The van der Waals surface area contributed by atoms with Gasteiger partial charge in [0.25, 0.3) is 5.91 Å². The molecule has 1 unspecified atom stereocenters. The lowest BCUT2D eigenvalue weighted by Gasteiger charge is -2.22. The van der Waals surface area contributed by atoms with Gasteiger partial charge in [0, 0.05) is 25.3 Å². The lowest BCUT2D eigenvalue weighted by molar-refractivity contribution is -0.121. The van der Waals surface area contributed by atoms with Crippen molar-refractivity contribution in [1.29, 1.82) is 0 Å². The standard InChI is InChI=1S/C23H25FN2O6/c24-17-5-7-18(8-6-17)26(12-11-21(25)27)22(28)15-32-23(29)16-3-9-19(10-4-16)31-14-20-2-1-13-30-20/h3-10,20H,1-2,11-15H2,(H2,25,27). The van der Waals surface area contributed by atoms with E-state index in [-0.39, 0.29) is 24.6 Å². The number of carbonyl (C=O) groups excluding carboxylic acids is 3. The first kappa shape index (κ1) is 23.2. The van der Waals surface area contributed by atoms with E-state index in [2.05, 4.69) is 0 Å². The second-order valence-electron chi connectivity index (χ2n) is 7.28. The van der Waals surface area contributed by atoms with Crippen molar-refractivity contribution < 1.29 is 33.0 Å². The zero-order valence-corrected chi connectivity index (χ0v) is 17.5. The van der Waals surface area contributed by atoms with Crippen LogP contribution in [0, 0.1) is 5.82 Å². The van der Waals surface area contributed by atoms with E-state index in [1.807, 2.05) is 0 Å².